The van der Waals surface area contributed by atoms with E-state index >= 15 is 0 Å². The molecule has 44 heavy (non-hydrogen) atoms. The number of allylic oxidation sites excluding steroid dienone is 1. The lowest BCUT2D eigenvalue weighted by molar-refractivity contribution is -0.145. The Kier molecular flexibility index (Phi) is 9.02. The number of amides is 3. The number of aliphatic carboxylic acids is 1. The molecule has 1 saturated carbocycles. The minimum absolute atomic E-state index is 0.0912. The maximum Gasteiger partial charge on any atom is 0.408 e. The van der Waals surface area contributed by atoms with Gasteiger partial charge in [-0.15, -0.1) is 10.2 Å². The van der Waals surface area contributed by atoms with Gasteiger partial charge in [-0.3, -0.25) is 9.59 Å². The highest BCUT2D eigenvalue weighted by molar-refractivity contribution is 5.96. The van der Waals surface area contributed by atoms with Crippen molar-refractivity contribution in [2.75, 3.05) is 6.54 Å². The molecule has 13 nitrogen and oxygen atoms in total. The molecule has 3 aliphatic rings. The zero-order valence-corrected chi connectivity index (χ0v) is 25.4. The second-order valence-electron chi connectivity index (χ2n) is 12.9. The summed E-state index contributed by atoms with van der Waals surface area (Å²) in [6.07, 6.45) is 7.48. The average molecular weight is 608 g/mol. The molecule has 2 aromatic rings. The summed E-state index contributed by atoms with van der Waals surface area (Å²) in [6, 6.07) is 7.30. The first-order valence-electron chi connectivity index (χ1n) is 15.3. The Morgan fingerprint density at radius 3 is 2.66 bits per heavy atom. The van der Waals surface area contributed by atoms with Gasteiger partial charge in [-0.2, -0.15) is 4.80 Å². The number of aromatic nitrogens is 4. The zero-order chi connectivity index (χ0) is 31.5. The first-order chi connectivity index (χ1) is 20.9. The molecule has 1 saturated heterocycles. The first-order valence-corrected chi connectivity index (χ1v) is 15.3. The molecule has 1 aromatic carbocycles. The van der Waals surface area contributed by atoms with Gasteiger partial charge in [-0.1, -0.05) is 55.3 Å². The van der Waals surface area contributed by atoms with Crippen molar-refractivity contribution < 1.29 is 29.0 Å². The number of fused-ring (bicyclic) bond motifs is 2. The van der Waals surface area contributed by atoms with Gasteiger partial charge in [0, 0.05) is 25.3 Å². The molecule has 236 valence electrons. The van der Waals surface area contributed by atoms with E-state index in [4.69, 9.17) is 4.74 Å². The van der Waals surface area contributed by atoms with Crippen molar-refractivity contribution in [1.82, 2.24) is 35.7 Å². The van der Waals surface area contributed by atoms with Gasteiger partial charge in [0.15, 0.2) is 5.82 Å². The summed E-state index contributed by atoms with van der Waals surface area (Å²) in [4.78, 5) is 55.8. The smallest absolute Gasteiger partial charge is 0.408 e. The summed E-state index contributed by atoms with van der Waals surface area (Å²) in [5, 5.41) is 28.5. The molecule has 0 unspecified atom stereocenters. The summed E-state index contributed by atoms with van der Waals surface area (Å²) in [7, 11) is 0. The number of benzene rings is 1. The Morgan fingerprint density at radius 1 is 1.16 bits per heavy atom. The number of nitrogens with one attached hydrogen (secondary N) is 2. The van der Waals surface area contributed by atoms with Gasteiger partial charge < -0.3 is 25.4 Å². The number of hydrogen-bond donors (Lipinski definition) is 3. The lowest BCUT2D eigenvalue weighted by Crippen LogP contribution is -2.56. The van der Waals surface area contributed by atoms with Crippen LogP contribution in [0.3, 0.4) is 0 Å². The molecule has 5 rings (SSSR count). The van der Waals surface area contributed by atoms with E-state index in [1.54, 1.807) is 20.8 Å². The molecule has 13 heteroatoms. The molecule has 3 heterocycles. The highest BCUT2D eigenvalue weighted by Gasteiger charge is 2.61. The highest BCUT2D eigenvalue weighted by atomic mass is 16.6. The van der Waals surface area contributed by atoms with E-state index < -0.39 is 53.1 Å². The second-order valence-corrected chi connectivity index (χ2v) is 12.9. The van der Waals surface area contributed by atoms with Crippen molar-refractivity contribution in [3.8, 4) is 0 Å². The predicted octanol–water partition coefficient (Wildman–Crippen LogP) is 2.78. The lowest BCUT2D eigenvalue weighted by atomic mass is 10.0. The Hall–Kier alpha value is -4.29. The minimum atomic E-state index is -1.41. The van der Waals surface area contributed by atoms with E-state index in [0.717, 1.165) is 24.8 Å². The number of carboxylic acid groups (broad SMARTS) is 1. The number of rotatable bonds is 5. The Bertz CT molecular complexity index is 1400. The SMILES string of the molecule is CC(C)(C)OC(=O)N[C@H]1CCCCC/C=C\[C@H]2C[C@@]2(C(=O)O)NC(=O)[C@@H]2C[C@@H](n3nnc(Cc4ccccc4)n3)CN2C1=O. The van der Waals surface area contributed by atoms with E-state index in [9.17, 15) is 24.3 Å². The molecular weight excluding hydrogens is 566 g/mol. The number of alkyl carbamates (subject to hydrolysis) is 1. The average Bonchev–Trinajstić information content (AvgIpc) is 3.27. The summed E-state index contributed by atoms with van der Waals surface area (Å²) in [6.45, 7) is 5.31. The fourth-order valence-corrected chi connectivity index (χ4v) is 5.95. The minimum Gasteiger partial charge on any atom is -0.479 e. The number of tetrazole rings is 1. The van der Waals surface area contributed by atoms with E-state index in [1.165, 1.54) is 9.70 Å². The summed E-state index contributed by atoms with van der Waals surface area (Å²) in [5.74, 6) is -1.93. The molecule has 3 N–H and O–H groups in total. The van der Waals surface area contributed by atoms with Gasteiger partial charge in [-0.05, 0) is 57.2 Å². The van der Waals surface area contributed by atoms with E-state index in [-0.39, 0.29) is 25.3 Å². The summed E-state index contributed by atoms with van der Waals surface area (Å²) < 4.78 is 5.44. The molecule has 1 aliphatic carbocycles. The van der Waals surface area contributed by atoms with Crippen LogP contribution >= 0.6 is 0 Å². The Morgan fingerprint density at radius 2 is 1.93 bits per heavy atom. The molecule has 2 aliphatic heterocycles. The van der Waals surface area contributed by atoms with Gasteiger partial charge in [0.2, 0.25) is 11.8 Å². The molecule has 1 aromatic heterocycles. The number of nitrogens with zero attached hydrogens (tertiary/aromatic N) is 5. The van der Waals surface area contributed by atoms with Crippen molar-refractivity contribution in [2.45, 2.75) is 101 Å². The van der Waals surface area contributed by atoms with Crippen LogP contribution in [0.5, 0.6) is 0 Å². The molecule has 2 fully saturated rings. The quantitative estimate of drug-likeness (QED) is 0.433. The van der Waals surface area contributed by atoms with Crippen LogP contribution in [0, 0.1) is 5.92 Å². The number of carbonyl (C=O) groups is 4. The molecule has 0 spiro atoms. The van der Waals surface area contributed by atoms with Crippen molar-refractivity contribution in [2.24, 2.45) is 5.92 Å². The van der Waals surface area contributed by atoms with Crippen molar-refractivity contribution >= 4 is 23.9 Å². The standard InChI is InChI=1S/C31H41N7O6/c1-30(2,3)44-29(43)32-23-15-11-6-4-5-10-14-21-18-31(21,28(41)42)33-26(39)24-17-22(19-37(24)27(23)40)38-35-25(34-36-38)16-20-12-8-7-9-13-20/h7-10,12-14,21-24H,4-6,11,15-19H2,1-3H3,(H,32,43)(H,33,39)(H,41,42)/b14-10-/t21-,22+,23-,24-,31+/m0/s1. The number of ether oxygens (including phenoxy) is 1. The van der Waals surface area contributed by atoms with Crippen LogP contribution in [0.1, 0.15) is 83.1 Å². The molecule has 5 atom stereocenters. The van der Waals surface area contributed by atoms with Crippen LogP contribution in [0.4, 0.5) is 4.79 Å². The Balaban J connectivity index is 1.41. The summed E-state index contributed by atoms with van der Waals surface area (Å²) >= 11 is 0. The van der Waals surface area contributed by atoms with Gasteiger partial charge in [0.25, 0.3) is 0 Å². The van der Waals surface area contributed by atoms with E-state index in [0.29, 0.717) is 25.1 Å². The first kappa shape index (κ1) is 31.1. The van der Waals surface area contributed by atoms with E-state index in [1.807, 2.05) is 42.5 Å². The molecular formula is C31H41N7O6. The Labute approximate surface area is 256 Å². The van der Waals surface area contributed by atoms with Crippen LogP contribution in [-0.4, -0.2) is 83.9 Å². The molecule has 0 bridgehead atoms. The number of carboxylic acids is 1. The largest absolute Gasteiger partial charge is 0.479 e. The highest BCUT2D eigenvalue weighted by Crippen LogP contribution is 2.45. The van der Waals surface area contributed by atoms with Gasteiger partial charge in [0.05, 0.1) is 6.04 Å². The number of carbonyl (C=O) groups excluding carboxylic acids is 3. The predicted molar refractivity (Wildman–Crippen MR) is 158 cm³/mol. The van der Waals surface area contributed by atoms with Crippen LogP contribution < -0.4 is 10.6 Å². The van der Waals surface area contributed by atoms with Crippen molar-refractivity contribution in [1.29, 1.82) is 0 Å². The van der Waals surface area contributed by atoms with Crippen LogP contribution in [-0.2, 0) is 25.5 Å². The fraction of sp³-hybridized carbons (Fsp3) is 0.581. The second kappa shape index (κ2) is 12.7. The fourth-order valence-electron chi connectivity index (χ4n) is 5.95. The maximum absolute atomic E-state index is 14.1. The summed E-state index contributed by atoms with van der Waals surface area (Å²) in [5.41, 5.74) is -1.16. The normalized spacial score (nSPS) is 28.5. The van der Waals surface area contributed by atoms with Crippen LogP contribution in [0.15, 0.2) is 42.5 Å². The molecule has 0 radical (unpaired) electrons. The van der Waals surface area contributed by atoms with Gasteiger partial charge in [0.1, 0.15) is 23.2 Å². The third-order valence-corrected chi connectivity index (χ3v) is 8.33. The lowest BCUT2D eigenvalue weighted by Gasteiger charge is -2.30. The van der Waals surface area contributed by atoms with Gasteiger partial charge in [-0.25, -0.2) is 9.59 Å². The third-order valence-electron chi connectivity index (χ3n) is 8.33. The third kappa shape index (κ3) is 7.25. The molecule has 3 amide bonds. The monoisotopic (exact) mass is 607 g/mol. The van der Waals surface area contributed by atoms with Crippen LogP contribution in [0.2, 0.25) is 0 Å². The van der Waals surface area contributed by atoms with Crippen molar-refractivity contribution in [3.63, 3.8) is 0 Å². The van der Waals surface area contributed by atoms with Crippen LogP contribution in [0.25, 0.3) is 0 Å². The van der Waals surface area contributed by atoms with Crippen molar-refractivity contribution in [3.05, 3.63) is 53.9 Å². The number of hydrogen-bond acceptors (Lipinski definition) is 8. The topological polar surface area (TPSA) is 169 Å². The van der Waals surface area contributed by atoms with E-state index in [2.05, 4.69) is 26.0 Å². The zero-order valence-electron chi connectivity index (χ0n) is 25.4. The van der Waals surface area contributed by atoms with Gasteiger partial charge >= 0.3 is 12.1 Å². The maximum atomic E-state index is 14.1.